The van der Waals surface area contributed by atoms with Gasteiger partial charge in [-0.05, 0) is 48.8 Å². The predicted octanol–water partition coefficient (Wildman–Crippen LogP) is 3.65. The summed E-state index contributed by atoms with van der Waals surface area (Å²) in [6, 6.07) is 9.36. The molecule has 8 heteroatoms. The lowest BCUT2D eigenvalue weighted by Gasteiger charge is -2.33. The number of piperidine rings is 1. The topological polar surface area (TPSA) is 111 Å². The Balaban J connectivity index is 1.65. The van der Waals surface area contributed by atoms with Crippen molar-refractivity contribution in [2.24, 2.45) is 17.8 Å². The smallest absolute Gasteiger partial charge is 0.258 e. The third kappa shape index (κ3) is 4.87. The van der Waals surface area contributed by atoms with Crippen LogP contribution in [-0.2, 0) is 4.79 Å². The van der Waals surface area contributed by atoms with Crippen molar-refractivity contribution in [3.8, 4) is 11.8 Å². The second-order valence-electron chi connectivity index (χ2n) is 9.50. The van der Waals surface area contributed by atoms with Gasteiger partial charge in [-0.2, -0.15) is 10.2 Å². The van der Waals surface area contributed by atoms with Crippen LogP contribution in [0.3, 0.4) is 0 Å². The highest BCUT2D eigenvalue weighted by Gasteiger charge is 2.40. The van der Waals surface area contributed by atoms with E-state index in [1.165, 1.54) is 0 Å². The zero-order valence-corrected chi connectivity index (χ0v) is 19.4. The number of aromatic nitrogens is 2. The van der Waals surface area contributed by atoms with Crippen molar-refractivity contribution < 1.29 is 9.53 Å². The third-order valence-electron chi connectivity index (χ3n) is 6.54. The summed E-state index contributed by atoms with van der Waals surface area (Å²) in [6.07, 6.45) is 3.00. The number of aromatic amines is 1. The molecule has 1 aromatic carbocycles. The first-order chi connectivity index (χ1) is 15.9. The van der Waals surface area contributed by atoms with E-state index in [9.17, 15) is 14.9 Å². The lowest BCUT2D eigenvalue weighted by Crippen LogP contribution is -2.40. The van der Waals surface area contributed by atoms with Gasteiger partial charge in [0, 0.05) is 19.0 Å². The number of nitrogens with zero attached hydrogens (tertiary/aromatic N) is 3. The summed E-state index contributed by atoms with van der Waals surface area (Å²) >= 11 is 0. The van der Waals surface area contributed by atoms with Crippen LogP contribution in [0, 0.1) is 29.1 Å². The van der Waals surface area contributed by atoms with Gasteiger partial charge < -0.3 is 15.0 Å². The van der Waals surface area contributed by atoms with Crippen LogP contribution in [0.1, 0.15) is 57.1 Å². The Morgan fingerprint density at radius 3 is 2.55 bits per heavy atom. The normalized spacial score (nSPS) is 20.8. The van der Waals surface area contributed by atoms with Gasteiger partial charge in [0.15, 0.2) is 0 Å². The van der Waals surface area contributed by atoms with Crippen LogP contribution in [0.5, 0.6) is 5.75 Å². The molecule has 0 bridgehead atoms. The highest BCUT2D eigenvalue weighted by Crippen LogP contribution is 2.38. The van der Waals surface area contributed by atoms with Gasteiger partial charge in [0.2, 0.25) is 11.9 Å². The van der Waals surface area contributed by atoms with E-state index >= 15 is 0 Å². The fraction of sp³-hybridized carbons (Fsp3) is 0.520. The largest absolute Gasteiger partial charge is 0.494 e. The first-order valence-electron chi connectivity index (χ1n) is 11.7. The average molecular weight is 450 g/mol. The van der Waals surface area contributed by atoms with Crippen molar-refractivity contribution in [1.82, 2.24) is 9.97 Å². The summed E-state index contributed by atoms with van der Waals surface area (Å²) in [4.78, 5) is 35.5. The second-order valence-corrected chi connectivity index (χ2v) is 9.50. The fourth-order valence-corrected chi connectivity index (χ4v) is 4.41. The van der Waals surface area contributed by atoms with Gasteiger partial charge in [-0.25, -0.2) is 0 Å². The Morgan fingerprint density at radius 1 is 1.21 bits per heavy atom. The lowest BCUT2D eigenvalue weighted by atomic mass is 9.79. The Morgan fingerprint density at radius 2 is 1.91 bits per heavy atom. The van der Waals surface area contributed by atoms with E-state index < -0.39 is 17.7 Å². The highest BCUT2D eigenvalue weighted by molar-refractivity contribution is 5.98. The zero-order chi connectivity index (χ0) is 23.5. The van der Waals surface area contributed by atoms with E-state index in [0.29, 0.717) is 35.5 Å². The molecule has 2 unspecified atom stereocenters. The summed E-state index contributed by atoms with van der Waals surface area (Å²) in [6.45, 7) is 8.73. The maximum atomic E-state index is 13.2. The molecule has 0 saturated carbocycles. The van der Waals surface area contributed by atoms with E-state index in [-0.39, 0.29) is 11.4 Å². The molecule has 3 heterocycles. The molecule has 0 aliphatic carbocycles. The number of ether oxygens (including phenoxy) is 1. The molecular formula is C25H31N5O3. The van der Waals surface area contributed by atoms with Crippen molar-refractivity contribution in [2.45, 2.75) is 46.0 Å². The number of rotatable bonds is 6. The standard InChI is InChI=1S/C25H31N5O3/c1-15(2)10-13-33-18-6-4-17(5-7-18)20-19(14-26)23(31)27-22-21(20)24(32)29-25(28-22)30-11-8-16(3)9-12-30/h4-7,15-16,19-20H,8-13H2,1-3H3,(H2,27,28,29,31,32). The maximum Gasteiger partial charge on any atom is 0.258 e. The van der Waals surface area contributed by atoms with Crippen molar-refractivity contribution in [2.75, 3.05) is 29.9 Å². The van der Waals surface area contributed by atoms with Gasteiger partial charge in [0.1, 0.15) is 17.5 Å². The molecule has 2 aromatic rings. The van der Waals surface area contributed by atoms with E-state index in [4.69, 9.17) is 4.74 Å². The lowest BCUT2D eigenvalue weighted by molar-refractivity contribution is -0.119. The molecule has 2 atom stereocenters. The van der Waals surface area contributed by atoms with Crippen LogP contribution in [0.4, 0.5) is 11.8 Å². The quantitative estimate of drug-likeness (QED) is 0.696. The summed E-state index contributed by atoms with van der Waals surface area (Å²) in [5.41, 5.74) is 0.709. The molecule has 1 saturated heterocycles. The molecule has 2 aliphatic rings. The van der Waals surface area contributed by atoms with Gasteiger partial charge in [0.05, 0.1) is 18.2 Å². The zero-order valence-electron chi connectivity index (χ0n) is 19.4. The van der Waals surface area contributed by atoms with Crippen molar-refractivity contribution in [3.05, 3.63) is 45.7 Å². The van der Waals surface area contributed by atoms with Crippen LogP contribution >= 0.6 is 0 Å². The Hall–Kier alpha value is -3.34. The van der Waals surface area contributed by atoms with Crippen LogP contribution in [0.15, 0.2) is 29.1 Å². The number of amides is 1. The van der Waals surface area contributed by atoms with Crippen LogP contribution in [-0.4, -0.2) is 35.6 Å². The van der Waals surface area contributed by atoms with Gasteiger partial charge in [-0.1, -0.05) is 32.9 Å². The summed E-state index contributed by atoms with van der Waals surface area (Å²) < 4.78 is 5.79. The summed E-state index contributed by atoms with van der Waals surface area (Å²) in [7, 11) is 0. The first-order valence-corrected chi connectivity index (χ1v) is 11.7. The molecule has 174 valence electrons. The predicted molar refractivity (Wildman–Crippen MR) is 126 cm³/mol. The number of fused-ring (bicyclic) bond motifs is 1. The Kier molecular flexibility index (Phi) is 6.68. The molecule has 2 aliphatic heterocycles. The van der Waals surface area contributed by atoms with Crippen LogP contribution in [0.25, 0.3) is 0 Å². The van der Waals surface area contributed by atoms with Gasteiger partial charge in [-0.3, -0.25) is 14.6 Å². The maximum absolute atomic E-state index is 13.2. The number of nitrogens with one attached hydrogen (secondary N) is 2. The van der Waals surface area contributed by atoms with Crippen molar-refractivity contribution in [1.29, 1.82) is 5.26 Å². The van der Waals surface area contributed by atoms with E-state index in [2.05, 4.69) is 42.1 Å². The molecule has 1 amide bonds. The minimum Gasteiger partial charge on any atom is -0.494 e. The van der Waals surface area contributed by atoms with Gasteiger partial charge in [-0.15, -0.1) is 0 Å². The van der Waals surface area contributed by atoms with Crippen molar-refractivity contribution >= 4 is 17.7 Å². The van der Waals surface area contributed by atoms with Crippen molar-refractivity contribution in [3.63, 3.8) is 0 Å². The minimum absolute atomic E-state index is 0.242. The molecule has 8 nitrogen and oxygen atoms in total. The van der Waals surface area contributed by atoms with E-state index in [1.807, 2.05) is 29.2 Å². The highest BCUT2D eigenvalue weighted by atomic mass is 16.5. The fourth-order valence-electron chi connectivity index (χ4n) is 4.41. The number of benzene rings is 1. The molecule has 2 N–H and O–H groups in total. The number of hydrogen-bond donors (Lipinski definition) is 2. The van der Waals surface area contributed by atoms with Crippen LogP contribution in [0.2, 0.25) is 0 Å². The van der Waals surface area contributed by atoms with Crippen LogP contribution < -0.4 is 20.5 Å². The first kappa shape index (κ1) is 22.8. The number of hydrogen-bond acceptors (Lipinski definition) is 6. The summed E-state index contributed by atoms with van der Waals surface area (Å²) in [5, 5.41) is 12.4. The number of nitriles is 1. The monoisotopic (exact) mass is 449 g/mol. The molecule has 4 rings (SSSR count). The minimum atomic E-state index is -1.02. The SMILES string of the molecule is CC(C)CCOc1ccc(C2c3c(nc(N4CCC(C)CC4)[nH]c3=O)NC(=O)C2C#N)cc1. The average Bonchev–Trinajstić information content (AvgIpc) is 2.79. The van der Waals surface area contributed by atoms with E-state index in [0.717, 1.165) is 38.1 Å². The third-order valence-corrected chi connectivity index (χ3v) is 6.54. The number of H-pyrrole nitrogens is 1. The molecule has 1 fully saturated rings. The Bertz CT molecular complexity index is 1090. The number of carbonyl (C=O) groups excluding carboxylic acids is 1. The molecular weight excluding hydrogens is 418 g/mol. The molecule has 33 heavy (non-hydrogen) atoms. The number of anilines is 2. The molecule has 0 spiro atoms. The summed E-state index contributed by atoms with van der Waals surface area (Å²) in [5.74, 6) is 0.461. The van der Waals surface area contributed by atoms with Gasteiger partial charge in [0.25, 0.3) is 5.56 Å². The molecule has 0 radical (unpaired) electrons. The van der Waals surface area contributed by atoms with E-state index in [1.54, 1.807) is 0 Å². The Labute approximate surface area is 194 Å². The molecule has 1 aromatic heterocycles. The van der Waals surface area contributed by atoms with Gasteiger partial charge >= 0.3 is 0 Å². The second kappa shape index (κ2) is 9.65. The number of carbonyl (C=O) groups is 1.